The molecule has 0 aliphatic carbocycles. The van der Waals surface area contributed by atoms with Crippen molar-refractivity contribution in [1.29, 1.82) is 0 Å². The Balaban J connectivity index is 3.03. The van der Waals surface area contributed by atoms with Crippen molar-refractivity contribution in [2.24, 2.45) is 11.5 Å². The molecule has 0 heterocycles. The van der Waals surface area contributed by atoms with Gasteiger partial charge in [-0.3, -0.25) is 14.4 Å². The third kappa shape index (κ3) is 10.5. The van der Waals surface area contributed by atoms with E-state index in [9.17, 15) is 24.3 Å². The third-order valence-corrected chi connectivity index (χ3v) is 5.58. The first-order chi connectivity index (χ1) is 15.7. The molecule has 1 aromatic carbocycles. The molecule has 4 atom stereocenters. The first-order valence-corrected chi connectivity index (χ1v) is 11.8. The standard InChI is InChI=1S/C21H33N5O5S2/c22-9-5-4-8-15(19(28)26-17(12-33)21(30)31)24-20(29)16(25-18(27)14(23)11-32)10-13-6-2-1-3-7-13/h1-3,6-7,14-17,32-33H,4-5,8-12,22-23H2,(H,24,29)(H,25,27)(H,26,28)(H,30,31). The van der Waals surface area contributed by atoms with Gasteiger partial charge in [-0.25, -0.2) is 4.79 Å². The highest BCUT2D eigenvalue weighted by atomic mass is 32.1. The minimum absolute atomic E-state index is 0.0932. The van der Waals surface area contributed by atoms with Gasteiger partial charge in [-0.15, -0.1) is 0 Å². The Kier molecular flexibility index (Phi) is 13.5. The number of carbonyl (C=O) groups is 4. The molecule has 0 aliphatic rings. The highest BCUT2D eigenvalue weighted by Crippen LogP contribution is 2.07. The summed E-state index contributed by atoms with van der Waals surface area (Å²) in [6, 6.07) is 4.91. The highest BCUT2D eigenvalue weighted by molar-refractivity contribution is 7.80. The molecule has 3 amide bonds. The van der Waals surface area contributed by atoms with Crippen LogP contribution in [0.4, 0.5) is 0 Å². The molecule has 184 valence electrons. The van der Waals surface area contributed by atoms with Gasteiger partial charge in [-0.05, 0) is 31.4 Å². The molecule has 1 aromatic rings. The number of nitrogens with two attached hydrogens (primary N) is 2. The molecular weight excluding hydrogens is 466 g/mol. The van der Waals surface area contributed by atoms with Crippen LogP contribution in [0.5, 0.6) is 0 Å². The number of hydrogen-bond donors (Lipinski definition) is 8. The fourth-order valence-corrected chi connectivity index (χ4v) is 3.33. The van der Waals surface area contributed by atoms with Crippen LogP contribution < -0.4 is 27.4 Å². The topological polar surface area (TPSA) is 177 Å². The Morgan fingerprint density at radius 2 is 1.42 bits per heavy atom. The van der Waals surface area contributed by atoms with Crippen molar-refractivity contribution in [2.45, 2.75) is 49.9 Å². The molecule has 4 unspecified atom stereocenters. The van der Waals surface area contributed by atoms with E-state index in [1.165, 1.54) is 0 Å². The lowest BCUT2D eigenvalue weighted by Gasteiger charge is -2.25. The van der Waals surface area contributed by atoms with Crippen molar-refractivity contribution in [1.82, 2.24) is 16.0 Å². The first kappa shape index (κ1) is 28.8. The van der Waals surface area contributed by atoms with Crippen LogP contribution in [-0.2, 0) is 25.6 Å². The maximum atomic E-state index is 13.1. The predicted octanol–water partition coefficient (Wildman–Crippen LogP) is -0.916. The number of benzene rings is 1. The zero-order chi connectivity index (χ0) is 24.8. The predicted molar refractivity (Wildman–Crippen MR) is 132 cm³/mol. The van der Waals surface area contributed by atoms with Gasteiger partial charge in [-0.1, -0.05) is 30.3 Å². The molecule has 0 fully saturated rings. The summed E-state index contributed by atoms with van der Waals surface area (Å²) in [6.07, 6.45) is 1.57. The Labute approximate surface area is 204 Å². The molecule has 8 N–H and O–H groups in total. The van der Waals surface area contributed by atoms with Gasteiger partial charge in [0.1, 0.15) is 18.1 Å². The summed E-state index contributed by atoms with van der Waals surface area (Å²) < 4.78 is 0. The molecule has 12 heteroatoms. The molecule has 33 heavy (non-hydrogen) atoms. The monoisotopic (exact) mass is 499 g/mol. The van der Waals surface area contributed by atoms with Crippen molar-refractivity contribution >= 4 is 48.9 Å². The van der Waals surface area contributed by atoms with Crippen LogP contribution in [-0.4, -0.2) is 71.0 Å². The second-order valence-corrected chi connectivity index (χ2v) is 8.20. The molecule has 0 radical (unpaired) electrons. The van der Waals surface area contributed by atoms with E-state index < -0.39 is 47.9 Å². The van der Waals surface area contributed by atoms with Crippen molar-refractivity contribution < 1.29 is 24.3 Å². The summed E-state index contributed by atoms with van der Waals surface area (Å²) in [5.41, 5.74) is 12.0. The maximum Gasteiger partial charge on any atom is 0.327 e. The van der Waals surface area contributed by atoms with Gasteiger partial charge in [0.05, 0.1) is 6.04 Å². The lowest BCUT2D eigenvalue weighted by atomic mass is 10.0. The van der Waals surface area contributed by atoms with Gasteiger partial charge in [0.15, 0.2) is 0 Å². The van der Waals surface area contributed by atoms with Crippen LogP contribution in [0.1, 0.15) is 24.8 Å². The number of carboxylic acid groups (broad SMARTS) is 1. The van der Waals surface area contributed by atoms with E-state index >= 15 is 0 Å². The molecule has 0 bridgehead atoms. The van der Waals surface area contributed by atoms with Gasteiger partial charge in [0.25, 0.3) is 0 Å². The van der Waals surface area contributed by atoms with Crippen LogP contribution in [0.15, 0.2) is 30.3 Å². The number of aliphatic carboxylic acids is 1. The largest absolute Gasteiger partial charge is 0.480 e. The van der Waals surface area contributed by atoms with E-state index in [-0.39, 0.29) is 24.3 Å². The summed E-state index contributed by atoms with van der Waals surface area (Å²) in [4.78, 5) is 49.4. The smallest absolute Gasteiger partial charge is 0.327 e. The van der Waals surface area contributed by atoms with E-state index in [1.54, 1.807) is 24.3 Å². The minimum Gasteiger partial charge on any atom is -0.480 e. The second-order valence-electron chi connectivity index (χ2n) is 7.47. The van der Waals surface area contributed by atoms with Gasteiger partial charge in [-0.2, -0.15) is 25.3 Å². The lowest BCUT2D eigenvalue weighted by molar-refractivity contribution is -0.141. The summed E-state index contributed by atoms with van der Waals surface area (Å²) in [7, 11) is 0. The Bertz CT molecular complexity index is 784. The molecule has 0 aromatic heterocycles. The Morgan fingerprint density at radius 3 is 1.97 bits per heavy atom. The second kappa shape index (κ2) is 15.5. The number of rotatable bonds is 15. The number of thiol groups is 2. The number of carbonyl (C=O) groups excluding carboxylic acids is 3. The van der Waals surface area contributed by atoms with Gasteiger partial charge < -0.3 is 32.5 Å². The number of nitrogens with one attached hydrogen (secondary N) is 3. The number of carboxylic acids is 1. The average Bonchev–Trinajstić information content (AvgIpc) is 2.81. The van der Waals surface area contributed by atoms with E-state index in [4.69, 9.17) is 11.5 Å². The highest BCUT2D eigenvalue weighted by Gasteiger charge is 2.29. The van der Waals surface area contributed by atoms with Gasteiger partial charge in [0.2, 0.25) is 17.7 Å². The van der Waals surface area contributed by atoms with Crippen molar-refractivity contribution in [3.8, 4) is 0 Å². The minimum atomic E-state index is -1.24. The number of unbranched alkanes of at least 4 members (excludes halogenated alkanes) is 1. The summed E-state index contributed by atoms with van der Waals surface area (Å²) in [6.45, 7) is 0.408. The average molecular weight is 500 g/mol. The lowest BCUT2D eigenvalue weighted by Crippen LogP contribution is -2.58. The van der Waals surface area contributed by atoms with E-state index in [0.717, 1.165) is 5.56 Å². The quantitative estimate of drug-likeness (QED) is 0.114. The van der Waals surface area contributed by atoms with Crippen molar-refractivity contribution in [2.75, 3.05) is 18.1 Å². The third-order valence-electron chi connectivity index (χ3n) is 4.83. The molecular formula is C21H33N5O5S2. The maximum absolute atomic E-state index is 13.1. The molecule has 0 saturated carbocycles. The van der Waals surface area contributed by atoms with Crippen molar-refractivity contribution in [3.63, 3.8) is 0 Å². The summed E-state index contributed by atoms with van der Waals surface area (Å²) in [5.74, 6) is -3.05. The van der Waals surface area contributed by atoms with E-state index in [2.05, 4.69) is 41.2 Å². The molecule has 0 aliphatic heterocycles. The van der Waals surface area contributed by atoms with Crippen LogP contribution in [0.2, 0.25) is 0 Å². The van der Waals surface area contributed by atoms with Crippen LogP contribution in [0.3, 0.4) is 0 Å². The summed E-state index contributed by atoms with van der Waals surface area (Å²) >= 11 is 7.95. The summed E-state index contributed by atoms with van der Waals surface area (Å²) in [5, 5.41) is 16.8. The zero-order valence-electron chi connectivity index (χ0n) is 18.3. The molecule has 0 spiro atoms. The van der Waals surface area contributed by atoms with E-state index in [1.807, 2.05) is 6.07 Å². The van der Waals surface area contributed by atoms with Crippen LogP contribution >= 0.6 is 25.3 Å². The van der Waals surface area contributed by atoms with Gasteiger partial charge in [0, 0.05) is 17.9 Å². The Morgan fingerprint density at radius 1 is 0.848 bits per heavy atom. The fourth-order valence-electron chi connectivity index (χ4n) is 2.91. The van der Waals surface area contributed by atoms with Crippen LogP contribution in [0.25, 0.3) is 0 Å². The number of amides is 3. The Hall–Kier alpha value is -2.28. The zero-order valence-corrected chi connectivity index (χ0v) is 20.1. The first-order valence-electron chi connectivity index (χ1n) is 10.6. The van der Waals surface area contributed by atoms with Gasteiger partial charge >= 0.3 is 5.97 Å². The molecule has 10 nitrogen and oxygen atoms in total. The normalized spacial score (nSPS) is 14.4. The SMILES string of the molecule is NCCCCC(NC(=O)C(Cc1ccccc1)NC(=O)C(N)CS)C(=O)NC(CS)C(=O)O. The van der Waals surface area contributed by atoms with E-state index in [0.29, 0.717) is 19.4 Å². The molecule has 1 rings (SSSR count). The number of hydrogen-bond acceptors (Lipinski definition) is 8. The molecule has 0 saturated heterocycles. The fraction of sp³-hybridized carbons (Fsp3) is 0.524. The van der Waals surface area contributed by atoms with Crippen molar-refractivity contribution in [3.05, 3.63) is 35.9 Å². The van der Waals surface area contributed by atoms with Crippen LogP contribution in [0, 0.1) is 0 Å².